The van der Waals surface area contributed by atoms with E-state index in [1.54, 1.807) is 11.3 Å². The molecule has 0 aliphatic carbocycles. The molecule has 0 radical (unpaired) electrons. The molecule has 0 aliphatic rings. The molecule has 1 aromatic rings. The molecule has 1 aromatic heterocycles. The molecule has 1 rings (SSSR count). The third-order valence-corrected chi connectivity index (χ3v) is 6.18. The fourth-order valence-corrected chi connectivity index (χ4v) is 4.42. The Labute approximate surface area is 118 Å². The number of hydrogen-bond acceptors (Lipinski definition) is 3. The van der Waals surface area contributed by atoms with Crippen LogP contribution in [0.25, 0.3) is 0 Å². The van der Waals surface area contributed by atoms with Crippen molar-refractivity contribution in [1.82, 2.24) is 0 Å². The van der Waals surface area contributed by atoms with Crippen LogP contribution in [0.3, 0.4) is 0 Å². The first-order chi connectivity index (χ1) is 8.08. The van der Waals surface area contributed by atoms with E-state index in [1.807, 2.05) is 17.8 Å². The van der Waals surface area contributed by atoms with Crippen molar-refractivity contribution in [2.24, 2.45) is 11.7 Å². The van der Waals surface area contributed by atoms with Crippen molar-refractivity contribution in [3.05, 3.63) is 21.3 Å². The molecule has 4 heteroatoms. The van der Waals surface area contributed by atoms with Crippen LogP contribution in [0.5, 0.6) is 0 Å². The van der Waals surface area contributed by atoms with E-state index in [0.717, 1.165) is 16.7 Å². The van der Waals surface area contributed by atoms with Gasteiger partial charge in [0.1, 0.15) is 0 Å². The Hall–Kier alpha value is 0.300. The zero-order chi connectivity index (χ0) is 12.8. The van der Waals surface area contributed by atoms with E-state index in [-0.39, 0.29) is 6.04 Å². The Balaban J connectivity index is 2.67. The van der Waals surface area contributed by atoms with E-state index in [4.69, 9.17) is 17.3 Å². The standard InChI is InChI=1S/C13H22ClNS2/c1-4-9(3)8-16-13(10(15)5-2)11-6-7-12(14)17-11/h6-7,9-10,13H,4-5,8,15H2,1-3H3. The summed E-state index contributed by atoms with van der Waals surface area (Å²) >= 11 is 9.65. The average molecular weight is 292 g/mol. The second-order valence-corrected chi connectivity index (χ2v) is 7.40. The van der Waals surface area contributed by atoms with Crippen molar-refractivity contribution in [2.75, 3.05) is 5.75 Å². The molecule has 0 aliphatic heterocycles. The Morgan fingerprint density at radius 1 is 1.35 bits per heavy atom. The van der Waals surface area contributed by atoms with Gasteiger partial charge in [0, 0.05) is 10.9 Å². The SMILES string of the molecule is CCC(C)CSC(c1ccc(Cl)s1)C(N)CC. The second-order valence-electron chi connectivity index (χ2n) is 4.48. The zero-order valence-corrected chi connectivity index (χ0v) is 13.2. The molecule has 1 nitrogen and oxygen atoms in total. The van der Waals surface area contributed by atoms with Gasteiger partial charge in [0.05, 0.1) is 9.59 Å². The molecule has 3 unspecified atom stereocenters. The molecular weight excluding hydrogens is 270 g/mol. The van der Waals surface area contributed by atoms with E-state index >= 15 is 0 Å². The predicted molar refractivity (Wildman–Crippen MR) is 82.2 cm³/mol. The van der Waals surface area contributed by atoms with Gasteiger partial charge < -0.3 is 5.73 Å². The minimum Gasteiger partial charge on any atom is -0.326 e. The van der Waals surface area contributed by atoms with Gasteiger partial charge in [0.2, 0.25) is 0 Å². The lowest BCUT2D eigenvalue weighted by Crippen LogP contribution is -2.25. The molecule has 2 N–H and O–H groups in total. The second kappa shape index (κ2) is 7.67. The fourth-order valence-electron chi connectivity index (χ4n) is 1.50. The summed E-state index contributed by atoms with van der Waals surface area (Å²) in [6.07, 6.45) is 2.24. The Bertz CT molecular complexity index is 327. The van der Waals surface area contributed by atoms with Crippen LogP contribution >= 0.6 is 34.7 Å². The minimum absolute atomic E-state index is 0.221. The molecule has 0 saturated carbocycles. The average Bonchev–Trinajstić information content (AvgIpc) is 2.75. The first-order valence-corrected chi connectivity index (χ1v) is 8.45. The van der Waals surface area contributed by atoms with Crippen molar-refractivity contribution in [3.8, 4) is 0 Å². The van der Waals surface area contributed by atoms with Crippen LogP contribution in [0.15, 0.2) is 12.1 Å². The van der Waals surface area contributed by atoms with Gasteiger partial charge in [-0.3, -0.25) is 0 Å². The summed E-state index contributed by atoms with van der Waals surface area (Å²) in [5.41, 5.74) is 6.23. The highest BCUT2D eigenvalue weighted by Gasteiger charge is 2.21. The number of halogens is 1. The summed E-state index contributed by atoms with van der Waals surface area (Å²) in [5.74, 6) is 1.92. The minimum atomic E-state index is 0.221. The highest BCUT2D eigenvalue weighted by molar-refractivity contribution is 7.99. The molecule has 17 heavy (non-hydrogen) atoms. The molecule has 0 aromatic carbocycles. The number of thioether (sulfide) groups is 1. The predicted octanol–water partition coefficient (Wildman–Crippen LogP) is 4.96. The van der Waals surface area contributed by atoms with Crippen LogP contribution in [-0.2, 0) is 0 Å². The summed E-state index contributed by atoms with van der Waals surface area (Å²) in [5, 5.41) is 0.395. The van der Waals surface area contributed by atoms with Gasteiger partial charge in [-0.2, -0.15) is 11.8 Å². The summed E-state index contributed by atoms with van der Waals surface area (Å²) in [4.78, 5) is 1.32. The quantitative estimate of drug-likeness (QED) is 0.768. The summed E-state index contributed by atoms with van der Waals surface area (Å²) in [6.45, 7) is 6.68. The monoisotopic (exact) mass is 291 g/mol. The molecule has 0 bridgehead atoms. The lowest BCUT2D eigenvalue weighted by molar-refractivity contribution is 0.618. The Morgan fingerprint density at radius 2 is 2.06 bits per heavy atom. The van der Waals surface area contributed by atoms with Crippen molar-refractivity contribution < 1.29 is 0 Å². The highest BCUT2D eigenvalue weighted by Crippen LogP contribution is 2.39. The molecule has 0 saturated heterocycles. The molecular formula is C13H22ClNS2. The highest BCUT2D eigenvalue weighted by atomic mass is 35.5. The van der Waals surface area contributed by atoms with Gasteiger partial charge >= 0.3 is 0 Å². The summed E-state index contributed by atoms with van der Waals surface area (Å²) in [6, 6.07) is 4.32. The van der Waals surface area contributed by atoms with E-state index in [2.05, 4.69) is 26.8 Å². The van der Waals surface area contributed by atoms with Crippen LogP contribution in [0.2, 0.25) is 4.34 Å². The van der Waals surface area contributed by atoms with Crippen molar-refractivity contribution in [2.45, 2.75) is 44.9 Å². The number of thiophene rings is 1. The third-order valence-electron chi connectivity index (χ3n) is 2.99. The number of rotatable bonds is 7. The number of hydrogen-bond donors (Lipinski definition) is 1. The van der Waals surface area contributed by atoms with Crippen molar-refractivity contribution in [1.29, 1.82) is 0 Å². The topological polar surface area (TPSA) is 26.0 Å². The largest absolute Gasteiger partial charge is 0.326 e. The summed E-state index contributed by atoms with van der Waals surface area (Å²) in [7, 11) is 0. The molecule has 1 heterocycles. The molecule has 98 valence electrons. The first-order valence-electron chi connectivity index (χ1n) is 6.20. The lowest BCUT2D eigenvalue weighted by Gasteiger charge is -2.22. The van der Waals surface area contributed by atoms with Gasteiger partial charge in [0.25, 0.3) is 0 Å². The molecule has 0 spiro atoms. The smallest absolute Gasteiger partial charge is 0.0931 e. The van der Waals surface area contributed by atoms with Crippen LogP contribution in [0.1, 0.15) is 43.7 Å². The third kappa shape index (κ3) is 4.82. The van der Waals surface area contributed by atoms with Gasteiger partial charge in [-0.05, 0) is 30.2 Å². The first kappa shape index (κ1) is 15.4. The van der Waals surface area contributed by atoms with Gasteiger partial charge in [0.15, 0.2) is 0 Å². The molecule has 0 amide bonds. The van der Waals surface area contributed by atoms with E-state index in [1.165, 1.54) is 17.1 Å². The van der Waals surface area contributed by atoms with Gasteiger partial charge in [-0.1, -0.05) is 38.8 Å². The van der Waals surface area contributed by atoms with Crippen LogP contribution < -0.4 is 5.73 Å². The van der Waals surface area contributed by atoms with Crippen molar-refractivity contribution >= 4 is 34.7 Å². The van der Waals surface area contributed by atoms with Crippen LogP contribution in [0, 0.1) is 5.92 Å². The van der Waals surface area contributed by atoms with E-state index in [0.29, 0.717) is 5.25 Å². The number of nitrogens with two attached hydrogens (primary N) is 1. The Kier molecular flexibility index (Phi) is 6.93. The maximum absolute atomic E-state index is 6.23. The maximum atomic E-state index is 6.23. The fraction of sp³-hybridized carbons (Fsp3) is 0.692. The molecule has 3 atom stereocenters. The van der Waals surface area contributed by atoms with E-state index < -0.39 is 0 Å². The van der Waals surface area contributed by atoms with Crippen LogP contribution in [-0.4, -0.2) is 11.8 Å². The van der Waals surface area contributed by atoms with Crippen molar-refractivity contribution in [3.63, 3.8) is 0 Å². The summed E-state index contributed by atoms with van der Waals surface area (Å²) < 4.78 is 0.859. The van der Waals surface area contributed by atoms with E-state index in [9.17, 15) is 0 Å². The molecule has 0 fully saturated rings. The maximum Gasteiger partial charge on any atom is 0.0931 e. The van der Waals surface area contributed by atoms with Gasteiger partial charge in [-0.15, -0.1) is 11.3 Å². The lowest BCUT2D eigenvalue weighted by atomic mass is 10.1. The normalized spacial score (nSPS) is 16.8. The zero-order valence-electron chi connectivity index (χ0n) is 10.8. The van der Waals surface area contributed by atoms with Gasteiger partial charge in [-0.25, -0.2) is 0 Å². The van der Waals surface area contributed by atoms with Crippen LogP contribution in [0.4, 0.5) is 0 Å². The Morgan fingerprint density at radius 3 is 2.53 bits per heavy atom.